The quantitative estimate of drug-likeness (QED) is 0.797. The lowest BCUT2D eigenvalue weighted by molar-refractivity contribution is 0.630. The summed E-state index contributed by atoms with van der Waals surface area (Å²) in [5.41, 5.74) is 8.59. The maximum atomic E-state index is 13.3. The zero-order chi connectivity index (χ0) is 11.2. The van der Waals surface area contributed by atoms with E-state index < -0.39 is 5.82 Å². The molecule has 0 bridgehead atoms. The van der Waals surface area contributed by atoms with Gasteiger partial charge in [-0.05, 0) is 24.6 Å². The number of rotatable bonds is 1. The van der Waals surface area contributed by atoms with E-state index in [0.29, 0.717) is 6.54 Å². The standard InChI is InChI=1S/C11H12ClFN2/c1-6-8(5-14)7-3-10(13)9(12)4-11(7)15(6)2/h3-4H,5,14H2,1-2H3. The predicted octanol–water partition coefficient (Wildman–Crippen LogP) is 2.74. The normalized spacial score (nSPS) is 11.3. The summed E-state index contributed by atoms with van der Waals surface area (Å²) in [6, 6.07) is 3.09. The second-order valence-electron chi connectivity index (χ2n) is 3.61. The third-order valence-corrected chi connectivity index (χ3v) is 3.16. The van der Waals surface area contributed by atoms with Gasteiger partial charge in [0.1, 0.15) is 5.82 Å². The summed E-state index contributed by atoms with van der Waals surface area (Å²) in [6.07, 6.45) is 0. The molecule has 0 aliphatic heterocycles. The molecule has 0 spiro atoms. The maximum absolute atomic E-state index is 13.3. The van der Waals surface area contributed by atoms with Crippen molar-refractivity contribution >= 4 is 22.5 Å². The van der Waals surface area contributed by atoms with E-state index in [9.17, 15) is 4.39 Å². The van der Waals surface area contributed by atoms with Gasteiger partial charge in [0.15, 0.2) is 0 Å². The lowest BCUT2D eigenvalue weighted by atomic mass is 10.1. The highest BCUT2D eigenvalue weighted by Crippen LogP contribution is 2.29. The zero-order valence-corrected chi connectivity index (χ0v) is 9.40. The van der Waals surface area contributed by atoms with Crippen molar-refractivity contribution in [2.24, 2.45) is 12.8 Å². The molecule has 0 fully saturated rings. The van der Waals surface area contributed by atoms with Crippen molar-refractivity contribution in [1.29, 1.82) is 0 Å². The van der Waals surface area contributed by atoms with E-state index in [4.69, 9.17) is 17.3 Å². The average Bonchev–Trinajstić information content (AvgIpc) is 2.42. The van der Waals surface area contributed by atoms with E-state index >= 15 is 0 Å². The summed E-state index contributed by atoms with van der Waals surface area (Å²) in [6.45, 7) is 2.37. The van der Waals surface area contributed by atoms with Crippen molar-refractivity contribution in [2.45, 2.75) is 13.5 Å². The summed E-state index contributed by atoms with van der Waals surface area (Å²) in [5.74, 6) is -0.399. The average molecular weight is 227 g/mol. The van der Waals surface area contributed by atoms with Crippen LogP contribution >= 0.6 is 11.6 Å². The van der Waals surface area contributed by atoms with Crippen LogP contribution < -0.4 is 5.73 Å². The van der Waals surface area contributed by atoms with Crippen LogP contribution in [0.3, 0.4) is 0 Å². The van der Waals surface area contributed by atoms with Crippen LogP contribution in [-0.4, -0.2) is 4.57 Å². The van der Waals surface area contributed by atoms with E-state index in [2.05, 4.69) is 0 Å². The highest BCUT2D eigenvalue weighted by atomic mass is 35.5. The van der Waals surface area contributed by atoms with Gasteiger partial charge in [0.25, 0.3) is 0 Å². The zero-order valence-electron chi connectivity index (χ0n) is 8.64. The summed E-state index contributed by atoms with van der Waals surface area (Å²) >= 11 is 5.74. The third-order valence-electron chi connectivity index (χ3n) is 2.87. The Morgan fingerprint density at radius 2 is 2.13 bits per heavy atom. The molecule has 0 unspecified atom stereocenters. The summed E-state index contributed by atoms with van der Waals surface area (Å²) in [5, 5.41) is 0.992. The van der Waals surface area contributed by atoms with E-state index in [1.54, 1.807) is 6.07 Å². The molecule has 80 valence electrons. The van der Waals surface area contributed by atoms with Gasteiger partial charge in [-0.15, -0.1) is 0 Å². The van der Waals surface area contributed by atoms with Crippen molar-refractivity contribution in [1.82, 2.24) is 4.57 Å². The summed E-state index contributed by atoms with van der Waals surface area (Å²) < 4.78 is 15.3. The fourth-order valence-corrected chi connectivity index (χ4v) is 2.05. The Balaban J connectivity index is 2.91. The van der Waals surface area contributed by atoms with E-state index in [0.717, 1.165) is 22.2 Å². The molecule has 0 saturated heterocycles. The van der Waals surface area contributed by atoms with Crippen molar-refractivity contribution in [2.75, 3.05) is 0 Å². The fourth-order valence-electron chi connectivity index (χ4n) is 1.89. The molecular formula is C11H12ClFN2. The van der Waals surface area contributed by atoms with Gasteiger partial charge in [0.05, 0.1) is 5.02 Å². The Hall–Kier alpha value is -1.06. The van der Waals surface area contributed by atoms with Gasteiger partial charge >= 0.3 is 0 Å². The fraction of sp³-hybridized carbons (Fsp3) is 0.273. The molecule has 2 aromatic rings. The van der Waals surface area contributed by atoms with Crippen LogP contribution in [0.25, 0.3) is 10.9 Å². The number of benzene rings is 1. The molecule has 0 amide bonds. The van der Waals surface area contributed by atoms with Gasteiger partial charge < -0.3 is 10.3 Å². The van der Waals surface area contributed by atoms with Gasteiger partial charge in [-0.3, -0.25) is 0 Å². The minimum atomic E-state index is -0.399. The molecule has 0 saturated carbocycles. The van der Waals surface area contributed by atoms with Crippen molar-refractivity contribution in [3.05, 3.63) is 34.2 Å². The van der Waals surface area contributed by atoms with Gasteiger partial charge in [-0.1, -0.05) is 11.6 Å². The molecule has 1 heterocycles. The van der Waals surface area contributed by atoms with Crippen LogP contribution in [0.2, 0.25) is 5.02 Å². The summed E-state index contributed by atoms with van der Waals surface area (Å²) in [4.78, 5) is 0. The number of aryl methyl sites for hydroxylation is 1. The molecular weight excluding hydrogens is 215 g/mol. The van der Waals surface area contributed by atoms with E-state index in [-0.39, 0.29) is 5.02 Å². The lowest BCUT2D eigenvalue weighted by Crippen LogP contribution is -1.98. The molecule has 1 aromatic carbocycles. The Kier molecular flexibility index (Phi) is 2.44. The molecule has 0 aliphatic rings. The second kappa shape index (κ2) is 3.51. The molecule has 4 heteroatoms. The lowest BCUT2D eigenvalue weighted by Gasteiger charge is -1.99. The molecule has 1 aromatic heterocycles. The maximum Gasteiger partial charge on any atom is 0.142 e. The van der Waals surface area contributed by atoms with Gasteiger partial charge in [0.2, 0.25) is 0 Å². The van der Waals surface area contributed by atoms with Gasteiger partial charge in [-0.2, -0.15) is 0 Å². The SMILES string of the molecule is Cc1c(CN)c2cc(F)c(Cl)cc2n1C. The first-order chi connectivity index (χ1) is 7.06. The van der Waals surface area contributed by atoms with Crippen LogP contribution in [-0.2, 0) is 13.6 Å². The Morgan fingerprint density at radius 3 is 2.73 bits per heavy atom. The second-order valence-corrected chi connectivity index (χ2v) is 4.02. The van der Waals surface area contributed by atoms with Crippen molar-refractivity contribution in [3.8, 4) is 0 Å². The van der Waals surface area contributed by atoms with E-state index in [1.807, 2.05) is 18.5 Å². The number of aromatic nitrogens is 1. The third kappa shape index (κ3) is 1.43. The van der Waals surface area contributed by atoms with Crippen LogP contribution in [0.15, 0.2) is 12.1 Å². The topological polar surface area (TPSA) is 30.9 Å². The monoisotopic (exact) mass is 226 g/mol. The van der Waals surface area contributed by atoms with Crippen molar-refractivity contribution < 1.29 is 4.39 Å². The Labute approximate surface area is 92.4 Å². The largest absolute Gasteiger partial charge is 0.348 e. The number of halogens is 2. The van der Waals surface area contributed by atoms with Crippen LogP contribution in [0.4, 0.5) is 4.39 Å². The van der Waals surface area contributed by atoms with Gasteiger partial charge in [-0.25, -0.2) is 4.39 Å². The van der Waals surface area contributed by atoms with Crippen LogP contribution in [0.5, 0.6) is 0 Å². The summed E-state index contributed by atoms with van der Waals surface area (Å²) in [7, 11) is 1.92. The Morgan fingerprint density at radius 1 is 1.47 bits per heavy atom. The number of fused-ring (bicyclic) bond motifs is 1. The highest BCUT2D eigenvalue weighted by molar-refractivity contribution is 6.31. The van der Waals surface area contributed by atoms with E-state index in [1.165, 1.54) is 6.07 Å². The highest BCUT2D eigenvalue weighted by Gasteiger charge is 2.13. The molecule has 0 aliphatic carbocycles. The first kappa shape index (κ1) is 10.5. The number of hydrogen-bond acceptors (Lipinski definition) is 1. The molecule has 2 rings (SSSR count). The van der Waals surface area contributed by atoms with Crippen LogP contribution in [0.1, 0.15) is 11.3 Å². The molecule has 2 N–H and O–H groups in total. The molecule has 0 atom stereocenters. The number of nitrogens with zero attached hydrogens (tertiary/aromatic N) is 1. The number of hydrogen-bond donors (Lipinski definition) is 1. The molecule has 0 radical (unpaired) electrons. The Bertz CT molecular complexity index is 531. The molecule has 15 heavy (non-hydrogen) atoms. The first-order valence-corrected chi connectivity index (χ1v) is 5.07. The van der Waals surface area contributed by atoms with Crippen LogP contribution in [0, 0.1) is 12.7 Å². The minimum absolute atomic E-state index is 0.145. The first-order valence-electron chi connectivity index (χ1n) is 4.69. The number of nitrogens with two attached hydrogens (primary N) is 1. The van der Waals surface area contributed by atoms with Gasteiger partial charge in [0, 0.05) is 30.2 Å². The van der Waals surface area contributed by atoms with Crippen molar-refractivity contribution in [3.63, 3.8) is 0 Å². The smallest absolute Gasteiger partial charge is 0.142 e. The molecule has 2 nitrogen and oxygen atoms in total. The minimum Gasteiger partial charge on any atom is -0.348 e. The predicted molar refractivity (Wildman–Crippen MR) is 60.5 cm³/mol.